The van der Waals surface area contributed by atoms with Gasteiger partial charge in [0.05, 0.1) is 0 Å². The Hall–Kier alpha value is -2.08. The fourth-order valence-electron chi connectivity index (χ4n) is 1.76. The molecule has 0 amide bonds. The first kappa shape index (κ1) is 17.3. The number of benzene rings is 3. The average molecular weight is 344 g/mol. The van der Waals surface area contributed by atoms with Gasteiger partial charge in [-0.15, -0.1) is 0 Å². The molecule has 0 saturated carbocycles. The van der Waals surface area contributed by atoms with E-state index in [9.17, 15) is 0 Å². The Morgan fingerprint density at radius 1 is 0.435 bits per heavy atom. The third-order valence-corrected chi connectivity index (χ3v) is 3.85. The molecule has 0 radical (unpaired) electrons. The summed E-state index contributed by atoms with van der Waals surface area (Å²) in [5, 5.41) is 0. The summed E-state index contributed by atoms with van der Waals surface area (Å²) in [6.07, 6.45) is 0. The quantitative estimate of drug-likeness (QED) is 0.552. The van der Waals surface area contributed by atoms with Crippen molar-refractivity contribution in [1.82, 2.24) is 0 Å². The Balaban J connectivity index is 0.00000192. The SMILES string of the molecule is P.c1ccc(OP(Oc2ccccc2)Oc2ccccc2)cc1. The maximum atomic E-state index is 5.84. The predicted molar refractivity (Wildman–Crippen MR) is 99.2 cm³/mol. The first-order chi connectivity index (χ1) is 10.9. The van der Waals surface area contributed by atoms with Crippen LogP contribution in [-0.4, -0.2) is 0 Å². The topological polar surface area (TPSA) is 27.7 Å². The van der Waals surface area contributed by atoms with Crippen LogP contribution >= 0.6 is 18.5 Å². The minimum atomic E-state index is -1.59. The van der Waals surface area contributed by atoms with Crippen molar-refractivity contribution in [3.8, 4) is 17.2 Å². The van der Waals surface area contributed by atoms with E-state index in [1.807, 2.05) is 91.0 Å². The van der Waals surface area contributed by atoms with Gasteiger partial charge in [0.25, 0.3) is 0 Å². The van der Waals surface area contributed by atoms with Gasteiger partial charge < -0.3 is 13.6 Å². The monoisotopic (exact) mass is 344 g/mol. The summed E-state index contributed by atoms with van der Waals surface area (Å²) in [6, 6.07) is 28.5. The molecule has 0 heterocycles. The molecule has 1 atom stereocenters. The van der Waals surface area contributed by atoms with Crippen molar-refractivity contribution < 1.29 is 13.6 Å². The third kappa shape index (κ3) is 5.56. The highest BCUT2D eigenvalue weighted by atomic mass is 31.2. The van der Waals surface area contributed by atoms with Crippen LogP contribution in [0.5, 0.6) is 17.2 Å². The van der Waals surface area contributed by atoms with Crippen LogP contribution in [0.15, 0.2) is 91.0 Å². The van der Waals surface area contributed by atoms with Gasteiger partial charge in [-0.25, -0.2) is 0 Å². The molecule has 0 aliphatic heterocycles. The molecule has 3 aromatic carbocycles. The molecule has 5 heteroatoms. The molecule has 3 nitrogen and oxygen atoms in total. The molecule has 1 unspecified atom stereocenters. The van der Waals surface area contributed by atoms with Gasteiger partial charge in [-0.3, -0.25) is 0 Å². The van der Waals surface area contributed by atoms with E-state index in [0.29, 0.717) is 17.2 Å². The molecular weight excluding hydrogens is 326 g/mol. The van der Waals surface area contributed by atoms with Crippen molar-refractivity contribution in [2.75, 3.05) is 0 Å². The average Bonchev–Trinajstić information content (AvgIpc) is 2.57. The summed E-state index contributed by atoms with van der Waals surface area (Å²) >= 11 is 0. The van der Waals surface area contributed by atoms with E-state index in [2.05, 4.69) is 0 Å². The second kappa shape index (κ2) is 9.15. The van der Waals surface area contributed by atoms with Crippen LogP contribution in [0.1, 0.15) is 0 Å². The molecule has 3 aromatic rings. The smallest absolute Gasteiger partial charge is 0.409 e. The lowest BCUT2D eigenvalue weighted by Crippen LogP contribution is -2.02. The Kier molecular flexibility index (Phi) is 6.87. The van der Waals surface area contributed by atoms with E-state index < -0.39 is 8.60 Å². The zero-order valence-electron chi connectivity index (χ0n) is 12.5. The number of rotatable bonds is 6. The van der Waals surface area contributed by atoms with E-state index in [-0.39, 0.29) is 9.90 Å². The Labute approximate surface area is 140 Å². The fourth-order valence-corrected chi connectivity index (χ4v) is 2.75. The zero-order valence-corrected chi connectivity index (χ0v) is 14.8. The fraction of sp³-hybridized carbons (Fsp3) is 0. The number of hydrogen-bond acceptors (Lipinski definition) is 3. The highest BCUT2D eigenvalue weighted by molar-refractivity contribution is 7.43. The van der Waals surface area contributed by atoms with Crippen LogP contribution in [0.3, 0.4) is 0 Å². The minimum absolute atomic E-state index is 0. The molecule has 0 spiro atoms. The Morgan fingerprint density at radius 3 is 0.957 bits per heavy atom. The predicted octanol–water partition coefficient (Wildman–Crippen LogP) is 5.51. The lowest BCUT2D eigenvalue weighted by atomic mass is 10.3. The van der Waals surface area contributed by atoms with Crippen molar-refractivity contribution in [2.24, 2.45) is 0 Å². The second-order valence-corrected chi connectivity index (χ2v) is 5.43. The van der Waals surface area contributed by atoms with E-state index in [1.54, 1.807) is 0 Å². The molecule has 118 valence electrons. The highest BCUT2D eigenvalue weighted by Crippen LogP contribution is 2.41. The first-order valence-electron chi connectivity index (χ1n) is 6.89. The van der Waals surface area contributed by atoms with Gasteiger partial charge in [0.1, 0.15) is 17.2 Å². The second-order valence-electron chi connectivity index (χ2n) is 4.44. The molecule has 0 bridgehead atoms. The maximum absolute atomic E-state index is 5.84. The van der Waals surface area contributed by atoms with Gasteiger partial charge in [0, 0.05) is 0 Å². The standard InChI is InChI=1S/C18H15O3P.H3P/c1-4-10-16(11-5-1)19-22(20-17-12-6-2-7-13-17)21-18-14-8-3-9-15-18;/h1-15H;1H3. The van der Waals surface area contributed by atoms with Gasteiger partial charge in [0.2, 0.25) is 0 Å². The summed E-state index contributed by atoms with van der Waals surface area (Å²) in [5.41, 5.74) is 0. The lowest BCUT2D eigenvalue weighted by Gasteiger charge is -2.17. The van der Waals surface area contributed by atoms with E-state index in [0.717, 1.165) is 0 Å². The minimum Gasteiger partial charge on any atom is -0.409 e. The summed E-state index contributed by atoms with van der Waals surface area (Å²) in [6.45, 7) is 0. The van der Waals surface area contributed by atoms with Crippen LogP contribution in [-0.2, 0) is 0 Å². The largest absolute Gasteiger partial charge is 0.530 e. The molecule has 0 aliphatic rings. The molecule has 0 saturated heterocycles. The molecule has 3 rings (SSSR count). The first-order valence-corrected chi connectivity index (χ1v) is 7.99. The summed E-state index contributed by atoms with van der Waals surface area (Å²) in [7, 11) is -1.59. The Bertz CT molecular complexity index is 580. The Morgan fingerprint density at radius 2 is 0.696 bits per heavy atom. The van der Waals surface area contributed by atoms with E-state index >= 15 is 0 Å². The van der Waals surface area contributed by atoms with Crippen molar-refractivity contribution in [1.29, 1.82) is 0 Å². The lowest BCUT2D eigenvalue weighted by molar-refractivity contribution is 0.388. The van der Waals surface area contributed by atoms with Gasteiger partial charge in [-0.1, -0.05) is 54.6 Å². The normalized spacial score (nSPS) is 9.78. The van der Waals surface area contributed by atoms with Crippen LogP contribution in [0.25, 0.3) is 0 Å². The molecule has 0 fully saturated rings. The van der Waals surface area contributed by atoms with Gasteiger partial charge in [-0.2, -0.15) is 9.90 Å². The van der Waals surface area contributed by atoms with Crippen LogP contribution in [0.2, 0.25) is 0 Å². The summed E-state index contributed by atoms with van der Waals surface area (Å²) in [5.74, 6) is 2.13. The van der Waals surface area contributed by atoms with Gasteiger partial charge >= 0.3 is 8.60 Å². The van der Waals surface area contributed by atoms with Crippen molar-refractivity contribution in [3.05, 3.63) is 91.0 Å². The van der Waals surface area contributed by atoms with Crippen LogP contribution < -0.4 is 13.6 Å². The van der Waals surface area contributed by atoms with Crippen molar-refractivity contribution in [2.45, 2.75) is 0 Å². The van der Waals surface area contributed by atoms with Crippen molar-refractivity contribution >= 4 is 18.5 Å². The molecule has 23 heavy (non-hydrogen) atoms. The van der Waals surface area contributed by atoms with Crippen LogP contribution in [0.4, 0.5) is 0 Å². The maximum Gasteiger partial charge on any atom is 0.530 e. The van der Waals surface area contributed by atoms with Gasteiger partial charge in [0.15, 0.2) is 0 Å². The number of para-hydroxylation sites is 3. The van der Waals surface area contributed by atoms with Gasteiger partial charge in [-0.05, 0) is 36.4 Å². The molecule has 0 N–H and O–H groups in total. The molecule has 0 aromatic heterocycles. The molecule has 0 aliphatic carbocycles. The summed E-state index contributed by atoms with van der Waals surface area (Å²) < 4.78 is 17.5. The van der Waals surface area contributed by atoms with Crippen molar-refractivity contribution in [3.63, 3.8) is 0 Å². The third-order valence-electron chi connectivity index (χ3n) is 2.77. The van der Waals surface area contributed by atoms with E-state index in [4.69, 9.17) is 13.6 Å². The van der Waals surface area contributed by atoms with E-state index in [1.165, 1.54) is 0 Å². The molecular formula is C18H18O3P2. The number of hydrogen-bond donors (Lipinski definition) is 0. The van der Waals surface area contributed by atoms with Crippen LogP contribution in [0, 0.1) is 0 Å². The zero-order chi connectivity index (χ0) is 15.0. The summed E-state index contributed by atoms with van der Waals surface area (Å²) in [4.78, 5) is 0. The highest BCUT2D eigenvalue weighted by Gasteiger charge is 2.19.